The van der Waals surface area contributed by atoms with Crippen LogP contribution in [0.5, 0.6) is 0 Å². The molecule has 1 saturated carbocycles. The van der Waals surface area contributed by atoms with Crippen LogP contribution in [0.15, 0.2) is 32.3 Å². The van der Waals surface area contributed by atoms with Crippen molar-refractivity contribution in [3.8, 4) is 6.01 Å². The molecule has 0 radical (unpaired) electrons. The van der Waals surface area contributed by atoms with Crippen molar-refractivity contribution < 1.29 is 12.8 Å². The summed E-state index contributed by atoms with van der Waals surface area (Å²) in [5, 5.41) is 7.60. The molecule has 0 aliphatic heterocycles. The lowest BCUT2D eigenvalue weighted by atomic mass is 10.3. The smallest absolute Gasteiger partial charge is 0.337 e. The average molecular weight is 363 g/mol. The number of aryl methyl sites for hydroxylation is 2. The number of nitrogens with zero attached hydrogens (tertiary/aromatic N) is 4. The minimum Gasteiger partial charge on any atom is -0.408 e. The molecule has 0 spiro atoms. The van der Waals surface area contributed by atoms with Gasteiger partial charge in [-0.05, 0) is 38.0 Å². The average Bonchev–Trinajstić information content (AvgIpc) is 3.00. The summed E-state index contributed by atoms with van der Waals surface area (Å²) in [6.07, 6.45) is 1.62. The molecule has 1 aliphatic carbocycles. The SMILES string of the molecule is Cc1nnc(-n2c(=O)n(C)c3ccc(S(=O)(=O)NC4(C)CC4)cc32)o1. The third kappa shape index (κ3) is 2.57. The van der Waals surface area contributed by atoms with Gasteiger partial charge < -0.3 is 4.42 Å². The van der Waals surface area contributed by atoms with Crippen molar-refractivity contribution in [1.29, 1.82) is 0 Å². The molecule has 2 heterocycles. The van der Waals surface area contributed by atoms with Crippen LogP contribution >= 0.6 is 0 Å². The maximum atomic E-state index is 12.6. The van der Waals surface area contributed by atoms with Crippen molar-refractivity contribution in [3.63, 3.8) is 0 Å². The van der Waals surface area contributed by atoms with Gasteiger partial charge in [0.15, 0.2) is 0 Å². The van der Waals surface area contributed by atoms with Gasteiger partial charge in [-0.3, -0.25) is 4.57 Å². The normalized spacial score (nSPS) is 16.4. The Kier molecular flexibility index (Phi) is 3.22. The molecule has 10 heteroatoms. The van der Waals surface area contributed by atoms with Crippen LogP contribution in [-0.4, -0.2) is 33.3 Å². The Balaban J connectivity index is 1.92. The fourth-order valence-corrected chi connectivity index (χ4v) is 4.21. The Bertz CT molecular complexity index is 1150. The molecule has 4 rings (SSSR count). The van der Waals surface area contributed by atoms with Crippen LogP contribution in [0.25, 0.3) is 17.0 Å². The number of nitrogens with one attached hydrogen (secondary N) is 1. The molecule has 0 atom stereocenters. The first kappa shape index (κ1) is 16.0. The number of benzene rings is 1. The van der Waals surface area contributed by atoms with E-state index in [1.807, 2.05) is 6.92 Å². The molecule has 2 aromatic heterocycles. The first-order chi connectivity index (χ1) is 11.7. The minimum absolute atomic E-state index is 0.00441. The second kappa shape index (κ2) is 5.02. The Morgan fingerprint density at radius 1 is 1.24 bits per heavy atom. The molecule has 132 valence electrons. The monoisotopic (exact) mass is 363 g/mol. The Labute approximate surface area is 143 Å². The summed E-state index contributed by atoms with van der Waals surface area (Å²) in [5.41, 5.74) is 0.182. The molecule has 1 fully saturated rings. The highest BCUT2D eigenvalue weighted by molar-refractivity contribution is 7.89. The summed E-state index contributed by atoms with van der Waals surface area (Å²) in [6.45, 7) is 3.48. The molecule has 1 N–H and O–H groups in total. The van der Waals surface area contributed by atoms with Crippen molar-refractivity contribution >= 4 is 21.1 Å². The molecular weight excluding hydrogens is 346 g/mol. The Hall–Kier alpha value is -2.46. The van der Waals surface area contributed by atoms with E-state index < -0.39 is 15.7 Å². The van der Waals surface area contributed by atoms with Crippen LogP contribution in [0.4, 0.5) is 0 Å². The topological polar surface area (TPSA) is 112 Å². The lowest BCUT2D eigenvalue weighted by Crippen LogP contribution is -2.34. The van der Waals surface area contributed by atoms with Gasteiger partial charge >= 0.3 is 11.7 Å². The lowest BCUT2D eigenvalue weighted by Gasteiger charge is -2.12. The zero-order valence-corrected chi connectivity index (χ0v) is 14.8. The Morgan fingerprint density at radius 3 is 2.56 bits per heavy atom. The van der Waals surface area contributed by atoms with Crippen molar-refractivity contribution in [2.24, 2.45) is 7.05 Å². The highest BCUT2D eigenvalue weighted by atomic mass is 32.2. The van der Waals surface area contributed by atoms with Crippen molar-refractivity contribution in [2.45, 2.75) is 37.1 Å². The van der Waals surface area contributed by atoms with Crippen LogP contribution in [0.1, 0.15) is 25.7 Å². The highest BCUT2D eigenvalue weighted by Gasteiger charge is 2.41. The van der Waals surface area contributed by atoms with Gasteiger partial charge in [-0.2, -0.15) is 0 Å². The van der Waals surface area contributed by atoms with Gasteiger partial charge in [0, 0.05) is 19.5 Å². The quantitative estimate of drug-likeness (QED) is 0.735. The summed E-state index contributed by atoms with van der Waals surface area (Å²) in [4.78, 5) is 12.6. The van der Waals surface area contributed by atoms with Gasteiger partial charge in [0.2, 0.25) is 15.9 Å². The molecule has 0 bridgehead atoms. The number of hydrogen-bond acceptors (Lipinski definition) is 6. The van der Waals surface area contributed by atoms with Crippen LogP contribution in [0.3, 0.4) is 0 Å². The van der Waals surface area contributed by atoms with E-state index in [1.165, 1.54) is 21.3 Å². The largest absolute Gasteiger partial charge is 0.408 e. The van der Waals surface area contributed by atoms with Crippen LogP contribution in [-0.2, 0) is 17.1 Å². The molecule has 0 saturated heterocycles. The molecule has 0 unspecified atom stereocenters. The fourth-order valence-electron chi connectivity index (χ4n) is 2.72. The number of aromatic nitrogens is 4. The van der Waals surface area contributed by atoms with E-state index in [1.54, 1.807) is 20.0 Å². The third-order valence-electron chi connectivity index (χ3n) is 4.43. The zero-order valence-electron chi connectivity index (χ0n) is 14.0. The molecule has 25 heavy (non-hydrogen) atoms. The van der Waals surface area contributed by atoms with Gasteiger partial charge in [-0.15, -0.1) is 5.10 Å². The lowest BCUT2D eigenvalue weighted by molar-refractivity contribution is 0.493. The van der Waals surface area contributed by atoms with Crippen molar-refractivity contribution in [2.75, 3.05) is 0 Å². The summed E-state index contributed by atoms with van der Waals surface area (Å²) < 4.78 is 35.9. The third-order valence-corrected chi connectivity index (χ3v) is 6.06. The molecule has 1 aromatic carbocycles. The first-order valence-electron chi connectivity index (χ1n) is 7.76. The van der Waals surface area contributed by atoms with Crippen molar-refractivity contribution in [3.05, 3.63) is 34.6 Å². The minimum atomic E-state index is -3.69. The van der Waals surface area contributed by atoms with Gasteiger partial charge in [0.25, 0.3) is 0 Å². The fraction of sp³-hybridized carbons (Fsp3) is 0.400. The van der Waals surface area contributed by atoms with Gasteiger partial charge in [0.1, 0.15) is 0 Å². The Morgan fingerprint density at radius 2 is 1.96 bits per heavy atom. The van der Waals surface area contributed by atoms with E-state index >= 15 is 0 Å². The van der Waals surface area contributed by atoms with E-state index in [0.717, 1.165) is 12.8 Å². The van der Waals surface area contributed by atoms with E-state index in [2.05, 4.69) is 14.9 Å². The van der Waals surface area contributed by atoms with E-state index in [0.29, 0.717) is 16.9 Å². The summed E-state index contributed by atoms with van der Waals surface area (Å²) in [6, 6.07) is 4.54. The van der Waals surface area contributed by atoms with Crippen LogP contribution in [0.2, 0.25) is 0 Å². The first-order valence-corrected chi connectivity index (χ1v) is 9.24. The van der Waals surface area contributed by atoms with Gasteiger partial charge in [0.05, 0.1) is 15.9 Å². The zero-order chi connectivity index (χ0) is 18.0. The number of hydrogen-bond donors (Lipinski definition) is 1. The number of sulfonamides is 1. The molecule has 0 amide bonds. The predicted molar refractivity (Wildman–Crippen MR) is 89.1 cm³/mol. The standard InChI is InChI=1S/C15H17N5O4S/c1-9-16-17-13(24-9)20-12-8-10(4-5-11(12)19(3)14(20)21)25(22,23)18-15(2)6-7-15/h4-5,8,18H,6-7H2,1-3H3. The molecule has 9 nitrogen and oxygen atoms in total. The van der Waals surface area contributed by atoms with E-state index in [-0.39, 0.29) is 16.4 Å². The molecule has 3 aromatic rings. The maximum absolute atomic E-state index is 12.6. The number of fused-ring (bicyclic) bond motifs is 1. The molecular formula is C15H17N5O4S. The van der Waals surface area contributed by atoms with Gasteiger partial charge in [-0.25, -0.2) is 22.5 Å². The second-order valence-electron chi connectivity index (χ2n) is 6.60. The summed E-state index contributed by atoms with van der Waals surface area (Å²) in [7, 11) is -2.09. The summed E-state index contributed by atoms with van der Waals surface area (Å²) in [5.74, 6) is 0.311. The van der Waals surface area contributed by atoms with Crippen molar-refractivity contribution in [1.82, 2.24) is 24.1 Å². The van der Waals surface area contributed by atoms with Gasteiger partial charge in [-0.1, -0.05) is 5.10 Å². The van der Waals surface area contributed by atoms with Crippen LogP contribution < -0.4 is 10.4 Å². The predicted octanol–water partition coefficient (Wildman–Crippen LogP) is 0.851. The number of imidazole rings is 1. The molecule has 1 aliphatic rings. The second-order valence-corrected chi connectivity index (χ2v) is 8.28. The van der Waals surface area contributed by atoms with E-state index in [9.17, 15) is 13.2 Å². The van der Waals surface area contributed by atoms with E-state index in [4.69, 9.17) is 4.42 Å². The van der Waals surface area contributed by atoms with Crippen LogP contribution in [0, 0.1) is 6.92 Å². The number of rotatable bonds is 4. The maximum Gasteiger partial charge on any atom is 0.337 e. The highest BCUT2D eigenvalue weighted by Crippen LogP contribution is 2.36. The summed E-state index contributed by atoms with van der Waals surface area (Å²) >= 11 is 0.